The van der Waals surface area contributed by atoms with Gasteiger partial charge in [0.2, 0.25) is 0 Å². The van der Waals surface area contributed by atoms with E-state index in [0.717, 1.165) is 5.56 Å². The zero-order valence-corrected chi connectivity index (χ0v) is 24.0. The molecule has 0 saturated carbocycles. The minimum atomic E-state index is -1.28. The van der Waals surface area contributed by atoms with Crippen molar-refractivity contribution in [3.05, 3.63) is 35.9 Å². The number of hydrogen-bond acceptors (Lipinski definition) is 8. The summed E-state index contributed by atoms with van der Waals surface area (Å²) in [5.74, 6) is -0.770. The molecule has 0 aromatic heterocycles. The highest BCUT2D eigenvalue weighted by molar-refractivity contribution is 5.82. The summed E-state index contributed by atoms with van der Waals surface area (Å²) in [6.07, 6.45) is -2.25. The highest BCUT2D eigenvalue weighted by Gasteiger charge is 2.31. The molecule has 214 valence electrons. The Labute approximate surface area is 225 Å². The molecule has 0 aliphatic rings. The normalized spacial score (nSPS) is 12.6. The van der Waals surface area contributed by atoms with Crippen LogP contribution in [-0.2, 0) is 30.3 Å². The van der Waals surface area contributed by atoms with Crippen LogP contribution in [0.15, 0.2) is 30.3 Å². The van der Waals surface area contributed by atoms with Crippen molar-refractivity contribution in [1.29, 1.82) is 0 Å². The van der Waals surface area contributed by atoms with E-state index in [1.165, 1.54) is 4.90 Å². The van der Waals surface area contributed by atoms with E-state index in [4.69, 9.17) is 18.9 Å². The van der Waals surface area contributed by atoms with Crippen molar-refractivity contribution in [1.82, 2.24) is 15.5 Å². The topological polar surface area (TPSA) is 132 Å². The Kier molecular flexibility index (Phi) is 11.9. The van der Waals surface area contributed by atoms with Crippen LogP contribution in [0.25, 0.3) is 0 Å². The highest BCUT2D eigenvalue weighted by atomic mass is 16.6. The number of esters is 1. The molecular weight excluding hydrogens is 494 g/mol. The lowest BCUT2D eigenvalue weighted by atomic mass is 10.2. The largest absolute Gasteiger partial charge is 0.459 e. The molecule has 2 N–H and O–H groups in total. The van der Waals surface area contributed by atoms with E-state index in [-0.39, 0.29) is 26.2 Å². The average molecular weight is 538 g/mol. The van der Waals surface area contributed by atoms with Crippen LogP contribution in [0.4, 0.5) is 14.4 Å². The number of benzene rings is 1. The van der Waals surface area contributed by atoms with Gasteiger partial charge in [0.05, 0.1) is 6.54 Å². The fourth-order valence-corrected chi connectivity index (χ4v) is 2.87. The van der Waals surface area contributed by atoms with Gasteiger partial charge in [0, 0.05) is 13.1 Å². The molecule has 1 atom stereocenters. The van der Waals surface area contributed by atoms with Crippen molar-refractivity contribution in [2.24, 2.45) is 0 Å². The van der Waals surface area contributed by atoms with Gasteiger partial charge in [0.15, 0.2) is 0 Å². The van der Waals surface area contributed by atoms with Crippen molar-refractivity contribution in [3.8, 4) is 0 Å². The molecule has 0 saturated heterocycles. The fourth-order valence-electron chi connectivity index (χ4n) is 2.87. The second-order valence-electron chi connectivity index (χ2n) is 11.6. The van der Waals surface area contributed by atoms with Crippen LogP contribution in [0.5, 0.6) is 0 Å². The summed E-state index contributed by atoms with van der Waals surface area (Å²) in [5.41, 5.74) is -1.58. The molecule has 0 heterocycles. The van der Waals surface area contributed by atoms with Crippen molar-refractivity contribution >= 4 is 24.2 Å². The molecule has 1 aromatic carbocycles. The Morgan fingerprint density at radius 2 is 1.32 bits per heavy atom. The Bertz CT molecular complexity index is 930. The number of carbonyl (C=O) groups is 4. The second kappa shape index (κ2) is 13.9. The molecule has 0 aliphatic heterocycles. The average Bonchev–Trinajstić information content (AvgIpc) is 2.73. The van der Waals surface area contributed by atoms with E-state index >= 15 is 0 Å². The van der Waals surface area contributed by atoms with Crippen LogP contribution >= 0.6 is 0 Å². The molecule has 38 heavy (non-hydrogen) atoms. The molecule has 0 spiro atoms. The molecular formula is C27H43N3O8. The Hall–Kier alpha value is -3.50. The SMILES string of the molecule is CC(C)(C)OC(=O)NCCN(C[C@@H](NC(=O)OC(C)(C)C)C(=O)OCc1ccccc1)C(=O)OC(C)(C)C. The smallest absolute Gasteiger partial charge is 0.410 e. The van der Waals surface area contributed by atoms with E-state index in [2.05, 4.69) is 10.6 Å². The first-order valence-corrected chi connectivity index (χ1v) is 12.5. The first-order valence-electron chi connectivity index (χ1n) is 12.5. The maximum absolute atomic E-state index is 13.0. The van der Waals surface area contributed by atoms with Gasteiger partial charge in [-0.15, -0.1) is 0 Å². The predicted octanol–water partition coefficient (Wildman–Crippen LogP) is 4.38. The summed E-state index contributed by atoms with van der Waals surface area (Å²) in [5, 5.41) is 5.06. The van der Waals surface area contributed by atoms with Gasteiger partial charge in [-0.05, 0) is 67.9 Å². The van der Waals surface area contributed by atoms with Gasteiger partial charge in [-0.25, -0.2) is 19.2 Å². The van der Waals surface area contributed by atoms with Gasteiger partial charge in [0.25, 0.3) is 0 Å². The highest BCUT2D eigenvalue weighted by Crippen LogP contribution is 2.12. The molecule has 0 unspecified atom stereocenters. The Balaban J connectivity index is 3.06. The van der Waals surface area contributed by atoms with E-state index in [1.807, 2.05) is 18.2 Å². The maximum atomic E-state index is 13.0. The van der Waals surface area contributed by atoms with E-state index < -0.39 is 47.1 Å². The number of amides is 3. The summed E-state index contributed by atoms with van der Waals surface area (Å²) in [6, 6.07) is 7.76. The van der Waals surface area contributed by atoms with Crippen molar-refractivity contribution in [2.75, 3.05) is 19.6 Å². The predicted molar refractivity (Wildman–Crippen MR) is 141 cm³/mol. The summed E-state index contributed by atoms with van der Waals surface area (Å²) >= 11 is 0. The number of nitrogens with one attached hydrogen (secondary N) is 2. The molecule has 11 heteroatoms. The zero-order chi connectivity index (χ0) is 29.1. The first kappa shape index (κ1) is 32.5. The van der Waals surface area contributed by atoms with Gasteiger partial charge in [-0.2, -0.15) is 0 Å². The monoisotopic (exact) mass is 537 g/mol. The van der Waals surface area contributed by atoms with Gasteiger partial charge in [0.1, 0.15) is 29.5 Å². The fraction of sp³-hybridized carbons (Fsp3) is 0.630. The third-order valence-electron chi connectivity index (χ3n) is 4.30. The third-order valence-corrected chi connectivity index (χ3v) is 4.30. The van der Waals surface area contributed by atoms with Gasteiger partial charge >= 0.3 is 24.2 Å². The maximum Gasteiger partial charge on any atom is 0.410 e. The van der Waals surface area contributed by atoms with Gasteiger partial charge in [-0.1, -0.05) is 30.3 Å². The second-order valence-corrected chi connectivity index (χ2v) is 11.6. The standard InChI is InChI=1S/C27H43N3O8/c1-25(2,3)36-22(32)28-15-16-30(24(34)38-27(7,8)9)17-20(29-23(33)37-26(4,5)6)21(31)35-18-19-13-11-10-12-14-19/h10-14,20H,15-18H2,1-9H3,(H,28,32)(H,29,33)/t20-/m1/s1. The molecule has 0 radical (unpaired) electrons. The lowest BCUT2D eigenvalue weighted by Gasteiger charge is -2.30. The summed E-state index contributed by atoms with van der Waals surface area (Å²) in [4.78, 5) is 51.8. The van der Waals surface area contributed by atoms with Crippen molar-refractivity contribution in [2.45, 2.75) is 91.8 Å². The number of nitrogens with zero attached hydrogens (tertiary/aromatic N) is 1. The lowest BCUT2D eigenvalue weighted by molar-refractivity contribution is -0.148. The third kappa shape index (κ3) is 14.9. The van der Waals surface area contributed by atoms with Crippen molar-refractivity contribution < 1.29 is 38.1 Å². The number of rotatable bonds is 9. The number of alkyl carbamates (subject to hydrolysis) is 2. The van der Waals surface area contributed by atoms with Crippen LogP contribution in [0.2, 0.25) is 0 Å². The number of ether oxygens (including phenoxy) is 4. The molecule has 0 bridgehead atoms. The Morgan fingerprint density at radius 3 is 1.84 bits per heavy atom. The minimum Gasteiger partial charge on any atom is -0.459 e. The zero-order valence-electron chi connectivity index (χ0n) is 24.0. The van der Waals surface area contributed by atoms with E-state index in [0.29, 0.717) is 0 Å². The van der Waals surface area contributed by atoms with Crippen molar-refractivity contribution in [3.63, 3.8) is 0 Å². The summed E-state index contributed by atoms with van der Waals surface area (Å²) < 4.78 is 21.4. The number of hydrogen-bond donors (Lipinski definition) is 2. The number of carbonyl (C=O) groups excluding carboxylic acids is 4. The molecule has 1 rings (SSSR count). The Morgan fingerprint density at radius 1 is 0.789 bits per heavy atom. The minimum absolute atomic E-state index is 0.00633. The molecule has 0 aliphatic carbocycles. The molecule has 1 aromatic rings. The van der Waals surface area contributed by atoms with Gasteiger partial charge < -0.3 is 34.5 Å². The quantitative estimate of drug-likeness (QED) is 0.350. The van der Waals surface area contributed by atoms with Crippen LogP contribution in [0.1, 0.15) is 67.9 Å². The summed E-state index contributed by atoms with van der Waals surface area (Å²) in [7, 11) is 0. The first-order chi connectivity index (χ1) is 17.3. The molecule has 11 nitrogen and oxygen atoms in total. The van der Waals surface area contributed by atoms with Crippen LogP contribution in [-0.4, -0.2) is 71.6 Å². The molecule has 0 fully saturated rings. The van der Waals surface area contributed by atoms with Crippen LogP contribution in [0.3, 0.4) is 0 Å². The van der Waals surface area contributed by atoms with Crippen LogP contribution in [0, 0.1) is 0 Å². The molecule has 3 amide bonds. The van der Waals surface area contributed by atoms with E-state index in [9.17, 15) is 19.2 Å². The summed E-state index contributed by atoms with van der Waals surface area (Å²) in [6.45, 7) is 15.0. The van der Waals surface area contributed by atoms with Crippen LogP contribution < -0.4 is 10.6 Å². The lowest BCUT2D eigenvalue weighted by Crippen LogP contribution is -2.53. The van der Waals surface area contributed by atoms with Gasteiger partial charge in [-0.3, -0.25) is 0 Å². The van der Waals surface area contributed by atoms with E-state index in [1.54, 1.807) is 74.4 Å².